The third-order valence-electron chi connectivity index (χ3n) is 6.09. The van der Waals surface area contributed by atoms with E-state index in [1.807, 2.05) is 55.8 Å². The second-order valence-electron chi connectivity index (χ2n) is 10.8. The van der Waals surface area contributed by atoms with Crippen LogP contribution in [-0.4, -0.2) is 68.7 Å². The van der Waals surface area contributed by atoms with Gasteiger partial charge in [-0.15, -0.1) is 0 Å². The molecule has 196 valence electrons. The van der Waals surface area contributed by atoms with Crippen LogP contribution in [0.15, 0.2) is 24.4 Å². The van der Waals surface area contributed by atoms with E-state index in [1.54, 1.807) is 16.7 Å². The van der Waals surface area contributed by atoms with Crippen LogP contribution in [-0.2, 0) is 16.0 Å². The standard InChI is InChI=1S/C26H36N4O4S2/c1-25(2,3)34-24(32)29(14-18-8-7-11-33-18)13-17-9-10-19-20(12-17)30-15-21(36-23(30)28-19)22(31)27-16-26(4,5)35-6/h9-10,12,15,18H,7-8,11,13-14,16H2,1-6H3,(H,27,31)/t18-/m1/s1. The van der Waals surface area contributed by atoms with E-state index in [0.717, 1.165) is 41.0 Å². The molecular weight excluding hydrogens is 496 g/mol. The van der Waals surface area contributed by atoms with Crippen molar-refractivity contribution < 1.29 is 19.1 Å². The zero-order valence-corrected chi connectivity index (χ0v) is 23.6. The molecule has 0 aliphatic carbocycles. The summed E-state index contributed by atoms with van der Waals surface area (Å²) >= 11 is 3.09. The Hall–Kier alpha value is -2.30. The lowest BCUT2D eigenvalue weighted by molar-refractivity contribution is 0.00860. The summed E-state index contributed by atoms with van der Waals surface area (Å²) in [5.74, 6) is -0.0930. The van der Waals surface area contributed by atoms with Crippen molar-refractivity contribution >= 4 is 51.1 Å². The number of hydrogen-bond donors (Lipinski definition) is 1. The van der Waals surface area contributed by atoms with Gasteiger partial charge in [-0.1, -0.05) is 17.4 Å². The molecule has 1 aromatic carbocycles. The maximum Gasteiger partial charge on any atom is 0.410 e. The Bertz CT molecular complexity index is 1240. The monoisotopic (exact) mass is 532 g/mol. The molecule has 36 heavy (non-hydrogen) atoms. The Kier molecular flexibility index (Phi) is 7.87. The van der Waals surface area contributed by atoms with E-state index < -0.39 is 5.60 Å². The lowest BCUT2D eigenvalue weighted by atomic mass is 10.1. The van der Waals surface area contributed by atoms with Crippen molar-refractivity contribution in [2.45, 2.75) is 70.5 Å². The van der Waals surface area contributed by atoms with Crippen LogP contribution in [0, 0.1) is 0 Å². The second kappa shape index (κ2) is 10.6. The number of carbonyl (C=O) groups is 2. The van der Waals surface area contributed by atoms with Crippen LogP contribution in [0.25, 0.3) is 16.0 Å². The van der Waals surface area contributed by atoms with Gasteiger partial charge in [0.1, 0.15) is 10.5 Å². The number of carbonyl (C=O) groups excluding carboxylic acids is 2. The van der Waals surface area contributed by atoms with Crippen molar-refractivity contribution in [3.63, 3.8) is 0 Å². The quantitative estimate of drug-likeness (QED) is 0.422. The maximum atomic E-state index is 13.0. The van der Waals surface area contributed by atoms with Gasteiger partial charge in [0.05, 0.1) is 23.7 Å². The van der Waals surface area contributed by atoms with E-state index >= 15 is 0 Å². The smallest absolute Gasteiger partial charge is 0.410 e. The van der Waals surface area contributed by atoms with Gasteiger partial charge < -0.3 is 19.7 Å². The molecule has 10 heteroatoms. The molecule has 0 saturated carbocycles. The molecule has 8 nitrogen and oxygen atoms in total. The Morgan fingerprint density at radius 2 is 2.08 bits per heavy atom. The van der Waals surface area contributed by atoms with Crippen molar-refractivity contribution in [3.05, 3.63) is 34.8 Å². The number of benzene rings is 1. The minimum absolute atomic E-state index is 0.0250. The zero-order chi connectivity index (χ0) is 26.1. The highest BCUT2D eigenvalue weighted by atomic mass is 32.2. The third-order valence-corrected chi connectivity index (χ3v) is 8.32. The number of amides is 2. The fraction of sp³-hybridized carbons (Fsp3) is 0.577. The normalized spacial score (nSPS) is 16.6. The van der Waals surface area contributed by atoms with Gasteiger partial charge in [-0.3, -0.25) is 9.20 Å². The zero-order valence-electron chi connectivity index (χ0n) is 21.9. The number of hydrogen-bond acceptors (Lipinski definition) is 7. The fourth-order valence-corrected chi connectivity index (χ4v) is 5.13. The minimum atomic E-state index is -0.577. The van der Waals surface area contributed by atoms with E-state index in [9.17, 15) is 9.59 Å². The maximum absolute atomic E-state index is 13.0. The summed E-state index contributed by atoms with van der Waals surface area (Å²) in [5.41, 5.74) is 2.14. The largest absolute Gasteiger partial charge is 0.444 e. The van der Waals surface area contributed by atoms with Gasteiger partial charge in [0.15, 0.2) is 4.96 Å². The predicted octanol–water partition coefficient (Wildman–Crippen LogP) is 5.34. The van der Waals surface area contributed by atoms with E-state index in [4.69, 9.17) is 14.5 Å². The number of ether oxygens (including phenoxy) is 2. The lowest BCUT2D eigenvalue weighted by Crippen LogP contribution is -2.40. The van der Waals surface area contributed by atoms with Crippen LogP contribution in [0.2, 0.25) is 0 Å². The first-order valence-corrected chi connectivity index (χ1v) is 14.3. The molecule has 0 spiro atoms. The number of aromatic nitrogens is 2. The number of thioether (sulfide) groups is 1. The van der Waals surface area contributed by atoms with Gasteiger partial charge in [0, 0.05) is 30.6 Å². The molecule has 0 radical (unpaired) electrons. The molecular formula is C26H36N4O4S2. The number of thiazole rings is 1. The average molecular weight is 533 g/mol. The summed E-state index contributed by atoms with van der Waals surface area (Å²) in [6, 6.07) is 5.99. The number of imidazole rings is 1. The Balaban J connectivity index is 1.56. The summed E-state index contributed by atoms with van der Waals surface area (Å²) in [4.78, 5) is 33.6. The van der Waals surface area contributed by atoms with Crippen LogP contribution in [0.5, 0.6) is 0 Å². The van der Waals surface area contributed by atoms with Crippen LogP contribution >= 0.6 is 23.1 Å². The summed E-state index contributed by atoms with van der Waals surface area (Å²) in [6.07, 6.45) is 5.51. The van der Waals surface area contributed by atoms with Crippen LogP contribution in [0.3, 0.4) is 0 Å². The van der Waals surface area contributed by atoms with Crippen molar-refractivity contribution in [2.24, 2.45) is 0 Å². The van der Waals surface area contributed by atoms with Gasteiger partial charge in [-0.05, 0) is 71.4 Å². The molecule has 0 unspecified atom stereocenters. The molecule has 1 aliphatic rings. The topological polar surface area (TPSA) is 85.2 Å². The van der Waals surface area contributed by atoms with E-state index in [2.05, 4.69) is 19.2 Å². The Morgan fingerprint density at radius 3 is 2.75 bits per heavy atom. The summed E-state index contributed by atoms with van der Waals surface area (Å²) < 4.78 is 13.4. The molecule has 1 atom stereocenters. The Morgan fingerprint density at radius 1 is 1.31 bits per heavy atom. The van der Waals surface area contributed by atoms with Crippen LogP contribution in [0.4, 0.5) is 4.79 Å². The first kappa shape index (κ1) is 26.8. The van der Waals surface area contributed by atoms with E-state index in [-0.39, 0.29) is 22.9 Å². The number of nitrogens with one attached hydrogen (secondary N) is 1. The van der Waals surface area contributed by atoms with E-state index in [1.165, 1.54) is 11.3 Å². The van der Waals surface area contributed by atoms with Crippen LogP contribution in [0.1, 0.15) is 62.7 Å². The Labute approximate surface area is 220 Å². The lowest BCUT2D eigenvalue weighted by Gasteiger charge is -2.29. The average Bonchev–Trinajstić information content (AvgIpc) is 3.53. The van der Waals surface area contributed by atoms with Crippen LogP contribution < -0.4 is 5.32 Å². The van der Waals surface area contributed by atoms with Crippen molar-refractivity contribution in [2.75, 3.05) is 26.0 Å². The summed E-state index contributed by atoms with van der Waals surface area (Å²) in [7, 11) is 0. The van der Waals surface area contributed by atoms with Gasteiger partial charge >= 0.3 is 6.09 Å². The second-order valence-corrected chi connectivity index (χ2v) is 13.3. The molecule has 3 aromatic rings. The minimum Gasteiger partial charge on any atom is -0.444 e. The molecule has 1 N–H and O–H groups in total. The van der Waals surface area contributed by atoms with Crippen molar-refractivity contribution in [3.8, 4) is 0 Å². The van der Waals surface area contributed by atoms with Crippen molar-refractivity contribution in [1.29, 1.82) is 0 Å². The SMILES string of the molecule is CSC(C)(C)CNC(=O)c1cn2c(nc3ccc(CN(C[C@H]4CCCO4)C(=O)OC(C)(C)C)cc32)s1. The number of fused-ring (bicyclic) bond motifs is 3. The first-order valence-electron chi connectivity index (χ1n) is 12.3. The fourth-order valence-electron chi connectivity index (χ4n) is 4.00. The predicted molar refractivity (Wildman–Crippen MR) is 146 cm³/mol. The highest BCUT2D eigenvalue weighted by molar-refractivity contribution is 7.99. The van der Waals surface area contributed by atoms with E-state index in [0.29, 0.717) is 24.5 Å². The molecule has 2 amide bonds. The third kappa shape index (κ3) is 6.52. The molecule has 1 aliphatic heterocycles. The van der Waals surface area contributed by atoms with Crippen molar-refractivity contribution in [1.82, 2.24) is 19.6 Å². The van der Waals surface area contributed by atoms with Gasteiger partial charge in [0.25, 0.3) is 5.91 Å². The summed E-state index contributed by atoms with van der Waals surface area (Å²) in [5, 5.41) is 3.03. The first-order chi connectivity index (χ1) is 16.9. The molecule has 3 heterocycles. The molecule has 0 bridgehead atoms. The number of nitrogens with zero attached hydrogens (tertiary/aromatic N) is 3. The molecule has 1 fully saturated rings. The van der Waals surface area contributed by atoms with Gasteiger partial charge in [0.2, 0.25) is 0 Å². The molecule has 4 rings (SSSR count). The molecule has 1 saturated heterocycles. The highest BCUT2D eigenvalue weighted by Gasteiger charge is 2.27. The number of rotatable bonds is 8. The van der Waals surface area contributed by atoms with Gasteiger partial charge in [-0.25, -0.2) is 9.78 Å². The van der Waals surface area contributed by atoms with Gasteiger partial charge in [-0.2, -0.15) is 11.8 Å². The molecule has 2 aromatic heterocycles. The summed E-state index contributed by atoms with van der Waals surface area (Å²) in [6.45, 7) is 12.0. The highest BCUT2D eigenvalue weighted by Crippen LogP contribution is 2.26.